The molecule has 0 aliphatic heterocycles. The van der Waals surface area contributed by atoms with Crippen LogP contribution in [0.2, 0.25) is 0 Å². The molecule has 344 valence electrons. The Morgan fingerprint density at radius 1 is 0.531 bits per heavy atom. The maximum Gasteiger partial charge on any atom is 0.326 e. The smallest absolute Gasteiger partial charge is 0.326 e. The highest BCUT2D eigenvalue weighted by atomic mass is 16.4. The van der Waals surface area contributed by atoms with Gasteiger partial charge in [0, 0.05) is 25.7 Å². The number of benzene rings is 3. The maximum atomic E-state index is 13.9. The Labute approximate surface area is 368 Å². The zero-order valence-electron chi connectivity index (χ0n) is 35.2. The van der Waals surface area contributed by atoms with Gasteiger partial charge in [-0.2, -0.15) is 0 Å². The summed E-state index contributed by atoms with van der Waals surface area (Å²) >= 11 is 0. The average molecular weight is 890 g/mol. The molecule has 0 saturated carbocycles. The average Bonchev–Trinajstić information content (AvgIpc) is 3.24. The van der Waals surface area contributed by atoms with Gasteiger partial charge in [-0.05, 0) is 49.1 Å². The Morgan fingerprint density at radius 2 is 0.969 bits per heavy atom. The summed E-state index contributed by atoms with van der Waals surface area (Å²) in [6, 6.07) is 12.2. The van der Waals surface area contributed by atoms with E-state index in [1.54, 1.807) is 60.7 Å². The van der Waals surface area contributed by atoms with Crippen molar-refractivity contribution >= 4 is 53.2 Å². The van der Waals surface area contributed by atoms with Gasteiger partial charge in [-0.15, -0.1) is 0 Å². The summed E-state index contributed by atoms with van der Waals surface area (Å²) < 4.78 is 0. The fourth-order valence-corrected chi connectivity index (χ4v) is 6.20. The molecule has 21 heteroatoms. The molecule has 0 unspecified atom stereocenters. The number of aliphatic hydroxyl groups excluding tert-OH is 1. The van der Waals surface area contributed by atoms with Crippen LogP contribution in [0, 0.1) is 0 Å². The van der Waals surface area contributed by atoms with Crippen LogP contribution in [0.5, 0.6) is 5.75 Å². The molecule has 0 aliphatic carbocycles. The van der Waals surface area contributed by atoms with Gasteiger partial charge in [0.15, 0.2) is 0 Å². The summed E-state index contributed by atoms with van der Waals surface area (Å²) in [4.78, 5) is 116. The van der Waals surface area contributed by atoms with Gasteiger partial charge in [-0.3, -0.25) is 38.4 Å². The fourth-order valence-electron chi connectivity index (χ4n) is 6.20. The molecule has 8 amide bonds. The highest BCUT2D eigenvalue weighted by Gasteiger charge is 2.34. The predicted octanol–water partition coefficient (Wildman–Crippen LogP) is -2.72. The minimum absolute atomic E-state index is 0.0400. The van der Waals surface area contributed by atoms with Crippen LogP contribution in [0.25, 0.3) is 0 Å². The van der Waals surface area contributed by atoms with Crippen molar-refractivity contribution in [1.82, 2.24) is 31.9 Å². The lowest BCUT2D eigenvalue weighted by molar-refractivity contribution is -0.142. The number of rotatable bonds is 25. The minimum atomic E-state index is -1.67. The van der Waals surface area contributed by atoms with E-state index in [-0.39, 0.29) is 31.4 Å². The van der Waals surface area contributed by atoms with E-state index in [0.717, 1.165) is 0 Å². The Hall–Kier alpha value is -7.39. The van der Waals surface area contributed by atoms with Crippen molar-refractivity contribution in [1.29, 1.82) is 0 Å². The van der Waals surface area contributed by atoms with Crippen molar-refractivity contribution in [3.05, 3.63) is 102 Å². The SMILES string of the molecule is C[C@H](NC(=O)[C@H](CCC(N)=O)NC(=O)[C@H](Cc1ccccc1)NC(=O)[C@@H](NC(=O)[C@@H](N)CC(N)=O)[C@@H](C)O)C(=O)N[C@@H](Cc1ccccc1)C(=O)N[C@@H](Cc1ccc(O)cc1)C(=O)O. The van der Waals surface area contributed by atoms with Crippen molar-refractivity contribution in [2.75, 3.05) is 0 Å². The molecule has 21 nitrogen and oxygen atoms in total. The number of phenolic OH excluding ortho intramolecular Hbond substituents is 1. The van der Waals surface area contributed by atoms with Crippen LogP contribution in [0.1, 0.15) is 49.8 Å². The number of carbonyl (C=O) groups is 9. The van der Waals surface area contributed by atoms with Crippen molar-refractivity contribution in [3.63, 3.8) is 0 Å². The van der Waals surface area contributed by atoms with Crippen molar-refractivity contribution in [3.8, 4) is 5.75 Å². The number of hydrogen-bond acceptors (Lipinski definition) is 12. The van der Waals surface area contributed by atoms with Crippen LogP contribution in [-0.2, 0) is 62.4 Å². The van der Waals surface area contributed by atoms with E-state index < -0.39 is 114 Å². The standard InChI is InChI=1S/C43H55N9O12/c1-23(37(57)49-31(19-25-9-5-3-6-10-25)41(61)51-33(43(63)64)21-27-13-15-28(54)16-14-27)47-39(59)30(17-18-34(45)55)48-40(60)32(20-26-11-7-4-8-12-26)50-42(62)36(24(2)53)52-38(58)29(44)22-35(46)56/h3-16,23-24,29-33,36,53-54H,17-22,44H2,1-2H3,(H2,45,55)(H2,46,56)(H,47,59)(H,48,60)(H,49,57)(H,50,62)(H,51,61)(H,52,58)(H,63,64)/t23-,24+,29-,30-,31-,32-,33-,36-/m0/s1. The largest absolute Gasteiger partial charge is 0.508 e. The number of aromatic hydroxyl groups is 1. The molecular formula is C43H55N9O12. The van der Waals surface area contributed by atoms with Crippen LogP contribution in [-0.4, -0.2) is 117 Å². The van der Waals surface area contributed by atoms with E-state index in [1.807, 2.05) is 0 Å². The molecule has 0 radical (unpaired) electrons. The Bertz CT molecular complexity index is 2110. The number of primary amides is 2. The number of carboxylic acids is 1. The molecule has 0 heterocycles. The molecule has 0 spiro atoms. The zero-order chi connectivity index (χ0) is 47.5. The van der Waals surface area contributed by atoms with Crippen LogP contribution in [0.15, 0.2) is 84.9 Å². The van der Waals surface area contributed by atoms with Crippen molar-refractivity contribution in [2.24, 2.45) is 17.2 Å². The van der Waals surface area contributed by atoms with E-state index >= 15 is 0 Å². The topological polar surface area (TPSA) is 365 Å². The number of nitrogens with one attached hydrogen (secondary N) is 6. The summed E-state index contributed by atoms with van der Waals surface area (Å²) in [5.74, 6) is -8.84. The molecule has 0 saturated heterocycles. The second-order valence-corrected chi connectivity index (χ2v) is 15.1. The van der Waals surface area contributed by atoms with Crippen LogP contribution >= 0.6 is 0 Å². The molecule has 3 aromatic rings. The van der Waals surface area contributed by atoms with Crippen LogP contribution in [0.3, 0.4) is 0 Å². The van der Waals surface area contributed by atoms with Gasteiger partial charge >= 0.3 is 5.97 Å². The molecule has 64 heavy (non-hydrogen) atoms. The van der Waals surface area contributed by atoms with Crippen LogP contribution in [0.4, 0.5) is 0 Å². The lowest BCUT2D eigenvalue weighted by atomic mass is 10.0. The molecule has 0 fully saturated rings. The van der Waals surface area contributed by atoms with E-state index in [0.29, 0.717) is 16.7 Å². The molecule has 3 aromatic carbocycles. The normalized spacial score (nSPS) is 14.6. The fraction of sp³-hybridized carbons (Fsp3) is 0.372. The molecule has 0 aromatic heterocycles. The second kappa shape index (κ2) is 24.9. The summed E-state index contributed by atoms with van der Waals surface area (Å²) in [6.45, 7) is 2.46. The first kappa shape index (κ1) is 51.0. The third kappa shape index (κ3) is 17.2. The first-order valence-electron chi connectivity index (χ1n) is 20.1. The Balaban J connectivity index is 1.82. The summed E-state index contributed by atoms with van der Waals surface area (Å²) in [6.07, 6.45) is -3.29. The highest BCUT2D eigenvalue weighted by Crippen LogP contribution is 2.13. The minimum Gasteiger partial charge on any atom is -0.508 e. The van der Waals surface area contributed by atoms with Gasteiger partial charge in [0.05, 0.1) is 18.6 Å². The maximum absolute atomic E-state index is 13.9. The van der Waals surface area contributed by atoms with Crippen LogP contribution < -0.4 is 49.1 Å². The molecule has 0 aliphatic rings. The van der Waals surface area contributed by atoms with Gasteiger partial charge in [0.1, 0.15) is 42.0 Å². The summed E-state index contributed by atoms with van der Waals surface area (Å²) in [7, 11) is 0. The number of carboxylic acid groups (broad SMARTS) is 1. The molecule has 0 bridgehead atoms. The van der Waals surface area contributed by atoms with Gasteiger partial charge in [-0.25, -0.2) is 4.79 Å². The summed E-state index contributed by atoms with van der Waals surface area (Å²) in [5.41, 5.74) is 17.8. The van der Waals surface area contributed by atoms with Gasteiger partial charge in [0.25, 0.3) is 0 Å². The lowest BCUT2D eigenvalue weighted by Gasteiger charge is -2.27. The molecular weight excluding hydrogens is 835 g/mol. The highest BCUT2D eigenvalue weighted by molar-refractivity contribution is 5.97. The number of hydrogen-bond donors (Lipinski definition) is 12. The Morgan fingerprint density at radius 3 is 1.44 bits per heavy atom. The Kier molecular flexibility index (Phi) is 19.8. The summed E-state index contributed by atoms with van der Waals surface area (Å²) in [5, 5.41) is 44.5. The quantitative estimate of drug-likeness (QED) is 0.0412. The zero-order valence-corrected chi connectivity index (χ0v) is 35.2. The first-order valence-corrected chi connectivity index (χ1v) is 20.1. The van der Waals surface area contributed by atoms with E-state index in [4.69, 9.17) is 17.2 Å². The molecule has 8 atom stereocenters. The first-order chi connectivity index (χ1) is 30.2. The predicted molar refractivity (Wildman–Crippen MR) is 229 cm³/mol. The number of aliphatic hydroxyl groups is 1. The van der Waals surface area contributed by atoms with E-state index in [2.05, 4.69) is 31.9 Å². The molecule has 15 N–H and O–H groups in total. The second-order valence-electron chi connectivity index (χ2n) is 15.1. The van der Waals surface area contributed by atoms with Gasteiger partial charge in [-0.1, -0.05) is 72.8 Å². The number of carbonyl (C=O) groups excluding carboxylic acids is 8. The number of amides is 8. The van der Waals surface area contributed by atoms with Gasteiger partial charge < -0.3 is 64.4 Å². The number of aliphatic carboxylic acids is 1. The monoisotopic (exact) mass is 889 g/mol. The molecule has 3 rings (SSSR count). The van der Waals surface area contributed by atoms with Gasteiger partial charge in [0.2, 0.25) is 47.3 Å². The van der Waals surface area contributed by atoms with Crippen molar-refractivity contribution in [2.45, 2.75) is 101 Å². The van der Waals surface area contributed by atoms with E-state index in [9.17, 15) is 58.5 Å². The third-order valence-corrected chi connectivity index (χ3v) is 9.71. The number of phenols is 1. The number of nitrogens with two attached hydrogens (primary N) is 3. The van der Waals surface area contributed by atoms with Crippen molar-refractivity contribution < 1.29 is 58.5 Å². The third-order valence-electron chi connectivity index (χ3n) is 9.71. The lowest BCUT2D eigenvalue weighted by Crippen LogP contribution is -2.61. The van der Waals surface area contributed by atoms with E-state index in [1.165, 1.54) is 38.1 Å².